The van der Waals surface area contributed by atoms with Gasteiger partial charge in [0.1, 0.15) is 5.82 Å². The van der Waals surface area contributed by atoms with E-state index in [2.05, 4.69) is 25.2 Å². The van der Waals surface area contributed by atoms with Crippen molar-refractivity contribution in [3.8, 4) is 28.0 Å². The van der Waals surface area contributed by atoms with Crippen molar-refractivity contribution in [2.24, 2.45) is 5.92 Å². The average molecular weight is 519 g/mol. The first-order chi connectivity index (χ1) is 18.5. The fourth-order valence-electron chi connectivity index (χ4n) is 5.09. The highest BCUT2D eigenvalue weighted by Gasteiger charge is 2.18. The Morgan fingerprint density at radius 1 is 0.868 bits per heavy atom. The summed E-state index contributed by atoms with van der Waals surface area (Å²) >= 11 is 0. The Morgan fingerprint density at radius 3 is 2.29 bits per heavy atom. The fourth-order valence-corrected chi connectivity index (χ4v) is 5.09. The molecule has 0 bridgehead atoms. The van der Waals surface area contributed by atoms with Gasteiger partial charge in [-0.05, 0) is 91.8 Å². The molecule has 0 aliphatic heterocycles. The number of allylic oxidation sites excluding steroid dienone is 4. The second-order valence-corrected chi connectivity index (χ2v) is 10.1. The molecule has 1 nitrogen and oxygen atoms in total. The maximum Gasteiger partial charge on any atom is 0.201 e. The molecule has 1 unspecified atom stereocenters. The second kappa shape index (κ2) is 13.5. The van der Waals surface area contributed by atoms with Crippen LogP contribution in [0.25, 0.3) is 27.8 Å². The largest absolute Gasteiger partial charge is 0.490 e. The van der Waals surface area contributed by atoms with Gasteiger partial charge in [-0.25, -0.2) is 8.78 Å². The highest BCUT2D eigenvalue weighted by atomic mass is 19.2. The van der Waals surface area contributed by atoms with E-state index in [1.807, 2.05) is 31.2 Å². The van der Waals surface area contributed by atoms with Gasteiger partial charge < -0.3 is 4.74 Å². The van der Waals surface area contributed by atoms with Crippen LogP contribution >= 0.6 is 0 Å². The zero-order chi connectivity index (χ0) is 26.9. The molecule has 3 aromatic rings. The summed E-state index contributed by atoms with van der Waals surface area (Å²) in [6, 6.07) is 15.5. The van der Waals surface area contributed by atoms with Crippen LogP contribution < -0.4 is 4.74 Å². The molecule has 38 heavy (non-hydrogen) atoms. The van der Waals surface area contributed by atoms with Gasteiger partial charge >= 0.3 is 0 Å². The van der Waals surface area contributed by atoms with Crippen molar-refractivity contribution >= 4 is 5.57 Å². The van der Waals surface area contributed by atoms with E-state index in [1.165, 1.54) is 12.5 Å². The predicted octanol–water partition coefficient (Wildman–Crippen LogP) is 10.5. The van der Waals surface area contributed by atoms with Crippen molar-refractivity contribution in [2.45, 2.75) is 65.2 Å². The summed E-state index contributed by atoms with van der Waals surface area (Å²) in [5.41, 5.74) is 4.05. The molecule has 0 amide bonds. The minimum atomic E-state index is -0.970. The van der Waals surface area contributed by atoms with Gasteiger partial charge in [0.25, 0.3) is 0 Å². The van der Waals surface area contributed by atoms with Crippen LogP contribution in [0.4, 0.5) is 13.2 Å². The topological polar surface area (TPSA) is 9.23 Å². The van der Waals surface area contributed by atoms with Gasteiger partial charge in [-0.3, -0.25) is 0 Å². The first kappa shape index (κ1) is 27.8. The predicted molar refractivity (Wildman–Crippen MR) is 152 cm³/mol. The van der Waals surface area contributed by atoms with Crippen LogP contribution in [0.5, 0.6) is 5.75 Å². The average Bonchev–Trinajstić information content (AvgIpc) is 2.94. The molecule has 4 heteroatoms. The van der Waals surface area contributed by atoms with Gasteiger partial charge in [0, 0.05) is 11.1 Å². The van der Waals surface area contributed by atoms with E-state index < -0.39 is 11.6 Å². The van der Waals surface area contributed by atoms with Crippen molar-refractivity contribution in [1.29, 1.82) is 0 Å². The van der Waals surface area contributed by atoms with Crippen LogP contribution in [0, 0.1) is 23.4 Å². The minimum Gasteiger partial charge on any atom is -0.490 e. The lowest BCUT2D eigenvalue weighted by Gasteiger charge is -2.22. The number of hydrogen-bond donors (Lipinski definition) is 0. The standard InChI is InChI=1S/C34H37F3O/c1-3-5-7-9-24-10-12-26(13-11-24)29-19-18-28(23-31(29)35)25-14-16-27(17-15-25)30-20-21-32(34(37)33(30)36)38-22-8-6-4-2/h3,5,12,14-21,23-24H,4,6-11,13,22H2,1-2H3. The Bertz CT molecular complexity index is 1270. The summed E-state index contributed by atoms with van der Waals surface area (Å²) < 4.78 is 49.9. The van der Waals surface area contributed by atoms with E-state index in [-0.39, 0.29) is 17.1 Å². The first-order valence-corrected chi connectivity index (χ1v) is 13.8. The summed E-state index contributed by atoms with van der Waals surface area (Å²) in [4.78, 5) is 0. The maximum absolute atomic E-state index is 15.1. The van der Waals surface area contributed by atoms with E-state index in [0.29, 0.717) is 23.7 Å². The normalized spacial score (nSPS) is 15.6. The fraction of sp³-hybridized carbons (Fsp3) is 0.353. The van der Waals surface area contributed by atoms with E-state index in [1.54, 1.807) is 24.3 Å². The molecule has 3 aromatic carbocycles. The van der Waals surface area contributed by atoms with Crippen molar-refractivity contribution in [3.63, 3.8) is 0 Å². The molecule has 0 spiro atoms. The molecule has 0 saturated carbocycles. The summed E-state index contributed by atoms with van der Waals surface area (Å²) in [5.74, 6) is -1.52. The van der Waals surface area contributed by atoms with Gasteiger partial charge in [0.15, 0.2) is 11.6 Å². The quantitative estimate of drug-likeness (QED) is 0.181. The Hall–Kier alpha value is -3.27. The van der Waals surface area contributed by atoms with Gasteiger partial charge in [-0.2, -0.15) is 4.39 Å². The molecule has 4 rings (SSSR count). The number of hydrogen-bond acceptors (Lipinski definition) is 1. The molecule has 0 heterocycles. The van der Waals surface area contributed by atoms with Crippen LogP contribution in [-0.2, 0) is 0 Å². The maximum atomic E-state index is 15.1. The van der Waals surface area contributed by atoms with Crippen molar-refractivity contribution in [3.05, 3.63) is 95.8 Å². The third-order valence-corrected chi connectivity index (χ3v) is 7.39. The molecule has 0 N–H and O–H groups in total. The Labute approximate surface area is 225 Å². The number of rotatable bonds is 11. The Balaban J connectivity index is 1.44. The summed E-state index contributed by atoms with van der Waals surface area (Å²) in [6.45, 7) is 4.48. The molecule has 0 saturated heterocycles. The number of halogens is 3. The Morgan fingerprint density at radius 2 is 1.61 bits per heavy atom. The number of ether oxygens (including phenoxy) is 1. The summed E-state index contributed by atoms with van der Waals surface area (Å²) in [5, 5.41) is 0. The molecule has 200 valence electrons. The smallest absolute Gasteiger partial charge is 0.201 e. The lowest BCUT2D eigenvalue weighted by atomic mass is 9.84. The second-order valence-electron chi connectivity index (χ2n) is 10.1. The number of benzene rings is 3. The van der Waals surface area contributed by atoms with Crippen LogP contribution in [0.2, 0.25) is 0 Å². The van der Waals surface area contributed by atoms with Crippen LogP contribution in [0.15, 0.2) is 72.8 Å². The molecular formula is C34H37F3O. The van der Waals surface area contributed by atoms with E-state index in [4.69, 9.17) is 4.74 Å². The van der Waals surface area contributed by atoms with Gasteiger partial charge in [-0.1, -0.05) is 74.4 Å². The zero-order valence-electron chi connectivity index (χ0n) is 22.4. The third kappa shape index (κ3) is 6.78. The minimum absolute atomic E-state index is 0.0632. The van der Waals surface area contributed by atoms with Crippen molar-refractivity contribution in [2.75, 3.05) is 6.61 Å². The monoisotopic (exact) mass is 518 g/mol. The van der Waals surface area contributed by atoms with Gasteiger partial charge in [0.05, 0.1) is 6.61 Å². The highest BCUT2D eigenvalue weighted by molar-refractivity contribution is 5.74. The van der Waals surface area contributed by atoms with E-state index in [9.17, 15) is 8.78 Å². The van der Waals surface area contributed by atoms with E-state index >= 15 is 4.39 Å². The Kier molecular flexibility index (Phi) is 9.86. The van der Waals surface area contributed by atoms with Crippen LogP contribution in [0.3, 0.4) is 0 Å². The van der Waals surface area contributed by atoms with Crippen LogP contribution in [0.1, 0.15) is 70.8 Å². The molecule has 0 fully saturated rings. The number of unbranched alkanes of at least 4 members (excludes halogenated alkanes) is 2. The van der Waals surface area contributed by atoms with Gasteiger partial charge in [-0.15, -0.1) is 0 Å². The lowest BCUT2D eigenvalue weighted by Crippen LogP contribution is -2.06. The van der Waals surface area contributed by atoms with Crippen LogP contribution in [-0.4, -0.2) is 6.61 Å². The zero-order valence-corrected chi connectivity index (χ0v) is 22.4. The van der Waals surface area contributed by atoms with Crippen molar-refractivity contribution in [1.82, 2.24) is 0 Å². The molecular weight excluding hydrogens is 481 g/mol. The molecule has 1 aliphatic carbocycles. The highest BCUT2D eigenvalue weighted by Crippen LogP contribution is 2.36. The first-order valence-electron chi connectivity index (χ1n) is 13.8. The van der Waals surface area contributed by atoms with Gasteiger partial charge in [0.2, 0.25) is 5.82 Å². The molecule has 1 aliphatic rings. The molecule has 0 aromatic heterocycles. The van der Waals surface area contributed by atoms with E-state index in [0.717, 1.165) is 61.6 Å². The summed E-state index contributed by atoms with van der Waals surface area (Å²) in [6.07, 6.45) is 14.6. The summed E-state index contributed by atoms with van der Waals surface area (Å²) in [7, 11) is 0. The third-order valence-electron chi connectivity index (χ3n) is 7.39. The molecule has 1 atom stereocenters. The SMILES string of the molecule is CC=CCCC1CC=C(c2ccc(-c3ccc(-c4ccc(OCCCCC)c(F)c4F)cc3)cc2F)CC1. The molecule has 0 radical (unpaired) electrons. The lowest BCUT2D eigenvalue weighted by molar-refractivity contribution is 0.286. The van der Waals surface area contributed by atoms with Crippen molar-refractivity contribution < 1.29 is 17.9 Å².